The molecular weight excluding hydrogens is 348 g/mol. The summed E-state index contributed by atoms with van der Waals surface area (Å²) in [5.74, 6) is -0.783. The Morgan fingerprint density at radius 3 is 2.63 bits per heavy atom. The van der Waals surface area contributed by atoms with E-state index >= 15 is 0 Å². The van der Waals surface area contributed by atoms with Crippen molar-refractivity contribution >= 4 is 28.9 Å². The molecule has 0 aliphatic rings. The Kier molecular flexibility index (Phi) is 6.98. The van der Waals surface area contributed by atoms with E-state index in [1.807, 2.05) is 39.8 Å². The van der Waals surface area contributed by atoms with E-state index < -0.39 is 24.5 Å². The number of imide groups is 1. The molecule has 0 unspecified atom stereocenters. The predicted octanol–water partition coefficient (Wildman–Crippen LogP) is 3.01. The lowest BCUT2D eigenvalue weighted by Crippen LogP contribution is -2.42. The van der Waals surface area contributed by atoms with Crippen LogP contribution in [-0.4, -0.2) is 31.1 Å². The summed E-state index contributed by atoms with van der Waals surface area (Å²) in [6, 6.07) is 3.27. The van der Waals surface area contributed by atoms with Gasteiger partial charge in [-0.1, -0.05) is 26.0 Å². The molecule has 0 fully saturated rings. The zero-order chi connectivity index (χ0) is 20.0. The molecule has 146 valence electrons. The van der Waals surface area contributed by atoms with Gasteiger partial charge in [-0.25, -0.2) is 4.79 Å². The van der Waals surface area contributed by atoms with E-state index in [1.165, 1.54) is 6.26 Å². The van der Waals surface area contributed by atoms with Gasteiger partial charge in [-0.2, -0.15) is 0 Å². The first-order valence-corrected chi connectivity index (χ1v) is 8.97. The van der Waals surface area contributed by atoms with E-state index in [0.29, 0.717) is 18.0 Å². The lowest BCUT2D eigenvalue weighted by atomic mass is 10.0. The average Bonchev–Trinajstić information content (AvgIpc) is 2.99. The minimum absolute atomic E-state index is 0.0105. The number of amides is 3. The fourth-order valence-corrected chi connectivity index (χ4v) is 2.56. The lowest BCUT2D eigenvalue weighted by Gasteiger charge is -2.08. The van der Waals surface area contributed by atoms with Crippen molar-refractivity contribution in [3.05, 3.63) is 35.1 Å². The molecule has 2 rings (SSSR count). The van der Waals surface area contributed by atoms with Crippen LogP contribution in [-0.2, 0) is 20.7 Å². The van der Waals surface area contributed by atoms with Crippen molar-refractivity contribution in [3.63, 3.8) is 0 Å². The SMILES string of the molecule is Cc1ccc2c(CC(=O)OCC(=O)NC(=O)NCCC(C)C)coc2c1C. The van der Waals surface area contributed by atoms with Crippen LogP contribution in [0.4, 0.5) is 4.79 Å². The zero-order valence-corrected chi connectivity index (χ0v) is 16.2. The standard InChI is InChI=1S/C20H26N2O5/c1-12(2)7-8-21-20(25)22-17(23)11-26-18(24)9-15-10-27-19-14(4)13(3)5-6-16(15)19/h5-6,10,12H,7-9,11H2,1-4H3,(H2,21,22,23,25). The fourth-order valence-electron chi connectivity index (χ4n) is 2.56. The van der Waals surface area contributed by atoms with E-state index in [1.54, 1.807) is 0 Å². The number of ether oxygens (including phenoxy) is 1. The van der Waals surface area contributed by atoms with Crippen LogP contribution < -0.4 is 10.6 Å². The normalized spacial score (nSPS) is 10.9. The monoisotopic (exact) mass is 374 g/mol. The Morgan fingerprint density at radius 2 is 1.93 bits per heavy atom. The van der Waals surface area contributed by atoms with Gasteiger partial charge in [0.15, 0.2) is 6.61 Å². The largest absolute Gasteiger partial charge is 0.464 e. The second-order valence-corrected chi connectivity index (χ2v) is 6.97. The summed E-state index contributed by atoms with van der Waals surface area (Å²) >= 11 is 0. The molecule has 0 saturated carbocycles. The summed E-state index contributed by atoms with van der Waals surface area (Å²) in [5, 5.41) is 5.55. The maximum Gasteiger partial charge on any atom is 0.321 e. The highest BCUT2D eigenvalue weighted by Crippen LogP contribution is 2.26. The third kappa shape index (κ3) is 5.84. The van der Waals surface area contributed by atoms with Gasteiger partial charge in [0.05, 0.1) is 12.7 Å². The van der Waals surface area contributed by atoms with E-state index in [-0.39, 0.29) is 6.42 Å². The number of aryl methyl sites for hydroxylation is 2. The molecule has 3 amide bonds. The van der Waals surface area contributed by atoms with Gasteiger partial charge in [-0.15, -0.1) is 0 Å². The summed E-state index contributed by atoms with van der Waals surface area (Å²) in [6.45, 7) is 7.99. The number of fused-ring (bicyclic) bond motifs is 1. The smallest absolute Gasteiger partial charge is 0.321 e. The first kappa shape index (κ1) is 20.5. The number of benzene rings is 1. The molecule has 7 heteroatoms. The number of esters is 1. The number of urea groups is 1. The van der Waals surface area contributed by atoms with Crippen molar-refractivity contribution in [2.75, 3.05) is 13.2 Å². The minimum atomic E-state index is -0.672. The van der Waals surface area contributed by atoms with Crippen LogP contribution in [0.15, 0.2) is 22.8 Å². The van der Waals surface area contributed by atoms with E-state index in [9.17, 15) is 14.4 Å². The first-order chi connectivity index (χ1) is 12.8. The zero-order valence-electron chi connectivity index (χ0n) is 16.2. The molecule has 0 spiro atoms. The molecule has 7 nitrogen and oxygen atoms in total. The predicted molar refractivity (Wildman–Crippen MR) is 101 cm³/mol. The van der Waals surface area contributed by atoms with Crippen molar-refractivity contribution in [2.45, 2.75) is 40.5 Å². The topological polar surface area (TPSA) is 97.6 Å². The van der Waals surface area contributed by atoms with Crippen LogP contribution in [0, 0.1) is 19.8 Å². The molecule has 1 aromatic carbocycles. The van der Waals surface area contributed by atoms with Crippen molar-refractivity contribution in [3.8, 4) is 0 Å². The summed E-state index contributed by atoms with van der Waals surface area (Å²) in [6.07, 6.45) is 2.33. The fraction of sp³-hybridized carbons (Fsp3) is 0.450. The molecule has 1 aromatic heterocycles. The Bertz CT molecular complexity index is 838. The molecule has 0 saturated heterocycles. The summed E-state index contributed by atoms with van der Waals surface area (Å²) in [5.41, 5.74) is 3.57. The van der Waals surface area contributed by atoms with Gasteiger partial charge in [0, 0.05) is 17.5 Å². The van der Waals surface area contributed by atoms with E-state index in [4.69, 9.17) is 9.15 Å². The molecule has 0 radical (unpaired) electrons. The third-order valence-electron chi connectivity index (χ3n) is 4.30. The molecule has 2 aromatic rings. The van der Waals surface area contributed by atoms with E-state index in [2.05, 4.69) is 10.6 Å². The molecule has 1 heterocycles. The number of hydrogen-bond acceptors (Lipinski definition) is 5. The first-order valence-electron chi connectivity index (χ1n) is 8.97. The number of carbonyl (C=O) groups excluding carboxylic acids is 3. The van der Waals surface area contributed by atoms with Crippen LogP contribution >= 0.6 is 0 Å². The van der Waals surface area contributed by atoms with Gasteiger partial charge in [-0.05, 0) is 37.3 Å². The van der Waals surface area contributed by atoms with Gasteiger partial charge >= 0.3 is 12.0 Å². The Labute approximate surface area is 158 Å². The summed E-state index contributed by atoms with van der Waals surface area (Å²) in [4.78, 5) is 35.2. The molecule has 0 bridgehead atoms. The highest BCUT2D eigenvalue weighted by Gasteiger charge is 2.15. The van der Waals surface area contributed by atoms with Crippen molar-refractivity contribution in [1.82, 2.24) is 10.6 Å². The highest BCUT2D eigenvalue weighted by atomic mass is 16.5. The molecule has 0 atom stereocenters. The molecule has 0 aliphatic heterocycles. The summed E-state index contributed by atoms with van der Waals surface area (Å²) in [7, 11) is 0. The van der Waals surface area contributed by atoms with Gasteiger partial charge in [0.25, 0.3) is 5.91 Å². The van der Waals surface area contributed by atoms with Crippen molar-refractivity contribution in [1.29, 1.82) is 0 Å². The van der Waals surface area contributed by atoms with Crippen molar-refractivity contribution in [2.24, 2.45) is 5.92 Å². The molecular formula is C20H26N2O5. The third-order valence-corrected chi connectivity index (χ3v) is 4.30. The Hall–Kier alpha value is -2.83. The van der Waals surface area contributed by atoms with Crippen LogP contribution in [0.25, 0.3) is 11.0 Å². The lowest BCUT2D eigenvalue weighted by molar-refractivity contribution is -0.147. The van der Waals surface area contributed by atoms with Gasteiger partial charge in [0.2, 0.25) is 0 Å². The average molecular weight is 374 g/mol. The van der Waals surface area contributed by atoms with Crippen LogP contribution in [0.2, 0.25) is 0 Å². The second kappa shape index (κ2) is 9.21. The number of rotatable bonds is 7. The highest BCUT2D eigenvalue weighted by molar-refractivity contribution is 5.95. The van der Waals surface area contributed by atoms with Gasteiger partial charge < -0.3 is 14.5 Å². The number of nitrogens with one attached hydrogen (secondary N) is 2. The maximum atomic E-state index is 12.0. The van der Waals surface area contributed by atoms with E-state index in [0.717, 1.165) is 28.5 Å². The Morgan fingerprint density at radius 1 is 1.19 bits per heavy atom. The number of carbonyl (C=O) groups is 3. The van der Waals surface area contributed by atoms with Crippen LogP contribution in [0.5, 0.6) is 0 Å². The van der Waals surface area contributed by atoms with Gasteiger partial charge in [0.1, 0.15) is 5.58 Å². The van der Waals surface area contributed by atoms with Crippen LogP contribution in [0.1, 0.15) is 37.0 Å². The maximum absolute atomic E-state index is 12.0. The number of hydrogen-bond donors (Lipinski definition) is 2. The van der Waals surface area contributed by atoms with Gasteiger partial charge in [-0.3, -0.25) is 14.9 Å². The molecule has 0 aliphatic carbocycles. The van der Waals surface area contributed by atoms with Crippen molar-refractivity contribution < 1.29 is 23.5 Å². The number of furan rings is 1. The molecule has 2 N–H and O–H groups in total. The van der Waals surface area contributed by atoms with Crippen LogP contribution in [0.3, 0.4) is 0 Å². The summed E-state index contributed by atoms with van der Waals surface area (Å²) < 4.78 is 10.5. The minimum Gasteiger partial charge on any atom is -0.464 e. The quantitative estimate of drug-likeness (QED) is 0.726. The second-order valence-electron chi connectivity index (χ2n) is 6.97. The molecule has 27 heavy (non-hydrogen) atoms. The Balaban J connectivity index is 1.80.